The van der Waals surface area contributed by atoms with E-state index in [-0.39, 0.29) is 50.0 Å². The first-order chi connectivity index (χ1) is 27.4. The van der Waals surface area contributed by atoms with Gasteiger partial charge in [-0.1, -0.05) is 46.8 Å². The molecule has 58 heavy (non-hydrogen) atoms. The van der Waals surface area contributed by atoms with Crippen LogP contribution in [-0.2, 0) is 44.8 Å². The first-order valence-electron chi connectivity index (χ1n) is 19.8. The van der Waals surface area contributed by atoms with Crippen LogP contribution in [0.5, 0.6) is 0 Å². The van der Waals surface area contributed by atoms with Crippen molar-refractivity contribution in [3.63, 3.8) is 0 Å². The number of nitrogens with two attached hydrogens (primary N) is 2. The number of primary amides is 1. The molecular weight excluding hydrogens is 754 g/mol. The van der Waals surface area contributed by atoms with Gasteiger partial charge in [0.25, 0.3) is 0 Å². The molecule has 0 saturated carbocycles. The summed E-state index contributed by atoms with van der Waals surface area (Å²) in [6.45, 7) is 13.3. The number of unbranched alkanes of at least 4 members (excludes halogenated alkanes) is 1. The molecule has 0 saturated heterocycles. The van der Waals surface area contributed by atoms with Gasteiger partial charge in [-0.3, -0.25) is 24.0 Å². The molecule has 0 aromatic heterocycles. The van der Waals surface area contributed by atoms with Crippen molar-refractivity contribution in [3.05, 3.63) is 29.8 Å². The highest BCUT2D eigenvalue weighted by Crippen LogP contribution is 2.17. The second-order valence-corrected chi connectivity index (χ2v) is 15.3. The maximum atomic E-state index is 13.5. The molecule has 19 heteroatoms. The lowest BCUT2D eigenvalue weighted by atomic mass is 9.92. The summed E-state index contributed by atoms with van der Waals surface area (Å²) >= 11 is 0. The lowest BCUT2D eigenvalue weighted by Crippen LogP contribution is -2.57. The molecular formula is C39H67N9O10. The number of carbonyl (C=O) groups is 7. The van der Waals surface area contributed by atoms with Gasteiger partial charge in [0.2, 0.25) is 29.5 Å². The molecule has 1 aromatic carbocycles. The Morgan fingerprint density at radius 1 is 0.707 bits per heavy atom. The number of alkyl carbamates (subject to hydrolysis) is 1. The average Bonchev–Trinajstić information content (AvgIpc) is 3.13. The predicted molar refractivity (Wildman–Crippen MR) is 218 cm³/mol. The van der Waals surface area contributed by atoms with Crippen molar-refractivity contribution < 1.29 is 47.8 Å². The normalized spacial score (nSPS) is 12.7. The molecule has 0 aliphatic heterocycles. The van der Waals surface area contributed by atoms with E-state index in [1.165, 1.54) is 6.92 Å². The number of rotatable bonds is 28. The van der Waals surface area contributed by atoms with Crippen LogP contribution in [0.2, 0.25) is 0 Å². The number of nitrogens with one attached hydrogen (secondary N) is 7. The monoisotopic (exact) mass is 822 g/mol. The van der Waals surface area contributed by atoms with Crippen molar-refractivity contribution in [3.8, 4) is 0 Å². The van der Waals surface area contributed by atoms with Crippen molar-refractivity contribution in [2.45, 2.75) is 105 Å². The maximum absolute atomic E-state index is 13.5. The van der Waals surface area contributed by atoms with Crippen LogP contribution in [-0.4, -0.2) is 112 Å². The zero-order chi connectivity index (χ0) is 43.5. The largest absolute Gasteiger partial charge is 0.445 e. The number of ether oxygens (including phenoxy) is 3. The van der Waals surface area contributed by atoms with Gasteiger partial charge in [0.15, 0.2) is 0 Å². The number of hydrogen-bond donors (Lipinski definition) is 9. The van der Waals surface area contributed by atoms with Gasteiger partial charge >= 0.3 is 12.1 Å². The first kappa shape index (κ1) is 51.0. The molecule has 0 radical (unpaired) electrons. The molecule has 19 nitrogen and oxygen atoms in total. The molecule has 0 heterocycles. The van der Waals surface area contributed by atoms with E-state index < -0.39 is 53.9 Å². The van der Waals surface area contributed by atoms with Crippen molar-refractivity contribution >= 4 is 47.3 Å². The summed E-state index contributed by atoms with van der Waals surface area (Å²) in [6.07, 6.45) is 1.81. The Hall–Kier alpha value is -5.01. The summed E-state index contributed by atoms with van der Waals surface area (Å²) in [5.41, 5.74) is 11.7. The summed E-state index contributed by atoms with van der Waals surface area (Å²) in [5.74, 6) is -2.47. The number of carbonyl (C=O) groups excluding carboxylic acids is 7. The van der Waals surface area contributed by atoms with E-state index in [2.05, 4.69) is 37.2 Å². The number of amides is 8. The molecule has 0 fully saturated rings. The fraction of sp³-hybridized carbons (Fsp3) is 0.667. The van der Waals surface area contributed by atoms with Crippen LogP contribution in [0.4, 0.5) is 15.3 Å². The molecule has 328 valence electrons. The molecule has 1 rings (SSSR count). The van der Waals surface area contributed by atoms with E-state index in [0.29, 0.717) is 76.3 Å². The second-order valence-electron chi connectivity index (χ2n) is 15.3. The third kappa shape index (κ3) is 24.6. The predicted octanol–water partition coefficient (Wildman–Crippen LogP) is 1.14. The zero-order valence-corrected chi connectivity index (χ0v) is 35.0. The van der Waals surface area contributed by atoms with E-state index in [0.717, 1.165) is 0 Å². The Bertz CT molecular complexity index is 1440. The third-order valence-corrected chi connectivity index (χ3v) is 8.23. The van der Waals surface area contributed by atoms with Crippen LogP contribution >= 0.6 is 0 Å². The molecule has 0 aliphatic rings. The highest BCUT2D eigenvalue weighted by Gasteiger charge is 2.31. The summed E-state index contributed by atoms with van der Waals surface area (Å²) in [7, 11) is 0. The molecule has 8 amide bonds. The number of benzene rings is 1. The second kappa shape index (κ2) is 28.4. The van der Waals surface area contributed by atoms with Crippen LogP contribution in [0.3, 0.4) is 0 Å². The van der Waals surface area contributed by atoms with Gasteiger partial charge < -0.3 is 62.9 Å². The van der Waals surface area contributed by atoms with Gasteiger partial charge in [-0.25, -0.2) is 9.59 Å². The van der Waals surface area contributed by atoms with Gasteiger partial charge in [-0.15, -0.1) is 0 Å². The van der Waals surface area contributed by atoms with Crippen LogP contribution in [0.1, 0.15) is 85.6 Å². The average molecular weight is 822 g/mol. The van der Waals surface area contributed by atoms with E-state index in [1.807, 2.05) is 20.8 Å². The summed E-state index contributed by atoms with van der Waals surface area (Å²) in [5, 5.41) is 18.7. The lowest BCUT2D eigenvalue weighted by molar-refractivity contribution is -0.133. The molecule has 3 atom stereocenters. The minimum atomic E-state index is -1.06. The minimum Gasteiger partial charge on any atom is -0.445 e. The number of hydrogen-bond acceptors (Lipinski definition) is 11. The Kier molecular flexibility index (Phi) is 25.0. The van der Waals surface area contributed by atoms with Gasteiger partial charge in [0, 0.05) is 38.7 Å². The van der Waals surface area contributed by atoms with Gasteiger partial charge in [0.05, 0.1) is 26.4 Å². The van der Waals surface area contributed by atoms with Crippen LogP contribution < -0.4 is 48.7 Å². The Balaban J connectivity index is 2.64. The van der Waals surface area contributed by atoms with E-state index >= 15 is 0 Å². The zero-order valence-electron chi connectivity index (χ0n) is 35.0. The van der Waals surface area contributed by atoms with Crippen LogP contribution in [0.15, 0.2) is 24.3 Å². The molecule has 11 N–H and O–H groups in total. The fourth-order valence-electron chi connectivity index (χ4n) is 5.31. The molecule has 0 spiro atoms. The van der Waals surface area contributed by atoms with Crippen molar-refractivity contribution in [2.75, 3.05) is 57.9 Å². The Morgan fingerprint density at radius 3 is 1.88 bits per heavy atom. The van der Waals surface area contributed by atoms with Crippen LogP contribution in [0, 0.1) is 11.3 Å². The summed E-state index contributed by atoms with van der Waals surface area (Å²) in [6, 6.07) is 2.87. The number of anilines is 1. The van der Waals surface area contributed by atoms with Gasteiger partial charge in [-0.05, 0) is 67.7 Å². The highest BCUT2D eigenvalue weighted by molar-refractivity contribution is 5.99. The molecule has 1 aromatic rings. The minimum absolute atomic E-state index is 0.0166. The summed E-state index contributed by atoms with van der Waals surface area (Å²) in [4.78, 5) is 87.1. The van der Waals surface area contributed by atoms with Gasteiger partial charge in [0.1, 0.15) is 24.7 Å². The Labute approximate surface area is 341 Å². The number of urea groups is 1. The first-order valence-corrected chi connectivity index (χ1v) is 19.8. The molecule has 0 aliphatic carbocycles. The van der Waals surface area contributed by atoms with E-state index in [9.17, 15) is 33.6 Å². The lowest BCUT2D eigenvalue weighted by Gasteiger charge is -2.27. The molecule has 0 unspecified atom stereocenters. The van der Waals surface area contributed by atoms with Crippen molar-refractivity contribution in [1.82, 2.24) is 31.9 Å². The molecule has 0 bridgehead atoms. The SMILES string of the molecule is CC(=O)N[C@@H](CCCCN)C(=O)N[C@H](C(=O)N[C@@H](CCCNC(N)=O)C(=O)Nc1ccc(COC(=O)NCCOCCOCCNC(=O)CC(C)(C)C)cc1)C(C)C. The topological polar surface area (TPSA) is 283 Å². The highest BCUT2D eigenvalue weighted by atomic mass is 16.5. The standard InChI is InChI=1S/C39H67N9O10/c1-26(2)33(48-35(52)30(45-27(3)49)10-7-8-16-40)36(53)47-31(11-9-17-43-37(41)54)34(51)46-29-14-12-28(13-15-29)25-58-38(55)44-19-21-57-23-22-56-20-18-42-32(50)24-39(4,5)6/h12-15,26,30-31,33H,7-11,16-25,40H2,1-6H3,(H,42,50)(H,44,55)(H,45,49)(H,46,51)(H,47,53)(H,48,52)(H3,41,43,54)/t30-,31-,33-/m0/s1. The van der Waals surface area contributed by atoms with Gasteiger partial charge in [-0.2, -0.15) is 0 Å². The maximum Gasteiger partial charge on any atom is 0.407 e. The quantitative estimate of drug-likeness (QED) is 0.0541. The summed E-state index contributed by atoms with van der Waals surface area (Å²) < 4.78 is 16.1. The van der Waals surface area contributed by atoms with Crippen molar-refractivity contribution in [2.24, 2.45) is 22.8 Å². The Morgan fingerprint density at radius 2 is 1.31 bits per heavy atom. The van der Waals surface area contributed by atoms with Crippen LogP contribution in [0.25, 0.3) is 0 Å². The van der Waals surface area contributed by atoms with Crippen molar-refractivity contribution in [1.29, 1.82) is 0 Å². The smallest absolute Gasteiger partial charge is 0.407 e. The van der Waals surface area contributed by atoms with E-state index in [4.69, 9.17) is 25.7 Å². The fourth-order valence-corrected chi connectivity index (χ4v) is 5.31. The third-order valence-electron chi connectivity index (χ3n) is 8.23. The van der Waals surface area contributed by atoms with E-state index in [1.54, 1.807) is 38.1 Å².